The van der Waals surface area contributed by atoms with Gasteiger partial charge in [0, 0.05) is 5.57 Å². The topological polar surface area (TPSA) is 37.3 Å². The molecule has 18 heavy (non-hydrogen) atoms. The zero-order valence-electron chi connectivity index (χ0n) is 11.1. The summed E-state index contributed by atoms with van der Waals surface area (Å²) >= 11 is 0. The first-order chi connectivity index (χ1) is 8.74. The molecule has 0 aliphatic rings. The maximum Gasteiger partial charge on any atom is 0.331 e. The Kier molecular flexibility index (Phi) is 6.85. The SMILES string of the molecule is CCCCCCCC(=Cc1ccccc1)C(=O)O. The third-order valence-electron chi connectivity index (χ3n) is 2.96. The smallest absolute Gasteiger partial charge is 0.331 e. The molecule has 0 atom stereocenters. The highest BCUT2D eigenvalue weighted by Gasteiger charge is 2.06. The Balaban J connectivity index is 2.50. The van der Waals surface area contributed by atoms with Gasteiger partial charge in [-0.25, -0.2) is 4.79 Å². The molecule has 0 saturated carbocycles. The Hall–Kier alpha value is -1.57. The largest absolute Gasteiger partial charge is 0.478 e. The van der Waals surface area contributed by atoms with Gasteiger partial charge in [0.2, 0.25) is 0 Å². The predicted octanol–water partition coefficient (Wildman–Crippen LogP) is 4.52. The first-order valence-electron chi connectivity index (χ1n) is 6.73. The number of rotatable bonds is 8. The Bertz CT molecular complexity index is 379. The highest BCUT2D eigenvalue weighted by molar-refractivity contribution is 5.92. The van der Waals surface area contributed by atoms with Crippen molar-refractivity contribution >= 4 is 12.0 Å². The Labute approximate surface area is 109 Å². The summed E-state index contributed by atoms with van der Waals surface area (Å²) in [5.41, 5.74) is 1.47. The fourth-order valence-electron chi connectivity index (χ4n) is 1.91. The van der Waals surface area contributed by atoms with Crippen LogP contribution in [0.25, 0.3) is 6.08 Å². The number of aliphatic carboxylic acids is 1. The maximum atomic E-state index is 11.2. The van der Waals surface area contributed by atoms with Crippen LogP contribution in [0.5, 0.6) is 0 Å². The lowest BCUT2D eigenvalue weighted by molar-refractivity contribution is -0.132. The fourth-order valence-corrected chi connectivity index (χ4v) is 1.91. The summed E-state index contributed by atoms with van der Waals surface area (Å²) in [5.74, 6) is -0.797. The molecule has 0 radical (unpaired) electrons. The molecule has 0 heterocycles. The van der Waals surface area contributed by atoms with Crippen LogP contribution in [-0.4, -0.2) is 11.1 Å². The van der Waals surface area contributed by atoms with Crippen LogP contribution in [0, 0.1) is 0 Å². The second kappa shape index (κ2) is 8.51. The molecular weight excluding hydrogens is 224 g/mol. The van der Waals surface area contributed by atoms with Crippen molar-refractivity contribution in [1.82, 2.24) is 0 Å². The van der Waals surface area contributed by atoms with Gasteiger partial charge in [-0.1, -0.05) is 62.9 Å². The van der Waals surface area contributed by atoms with Crippen molar-refractivity contribution in [1.29, 1.82) is 0 Å². The molecule has 1 aromatic carbocycles. The average Bonchev–Trinajstić information content (AvgIpc) is 2.38. The molecule has 1 rings (SSSR count). The van der Waals surface area contributed by atoms with Crippen molar-refractivity contribution in [3.05, 3.63) is 41.5 Å². The first-order valence-corrected chi connectivity index (χ1v) is 6.73. The molecule has 1 N–H and O–H groups in total. The van der Waals surface area contributed by atoms with Crippen LogP contribution < -0.4 is 0 Å². The normalized spacial score (nSPS) is 11.5. The molecule has 0 spiro atoms. The third-order valence-corrected chi connectivity index (χ3v) is 2.96. The van der Waals surface area contributed by atoms with E-state index >= 15 is 0 Å². The van der Waals surface area contributed by atoms with Gasteiger partial charge < -0.3 is 5.11 Å². The molecule has 0 fully saturated rings. The zero-order valence-corrected chi connectivity index (χ0v) is 11.1. The Morgan fingerprint density at radius 3 is 2.39 bits per heavy atom. The van der Waals surface area contributed by atoms with E-state index < -0.39 is 5.97 Å². The van der Waals surface area contributed by atoms with Gasteiger partial charge in [-0.15, -0.1) is 0 Å². The van der Waals surface area contributed by atoms with Gasteiger partial charge in [0.1, 0.15) is 0 Å². The lowest BCUT2D eigenvalue weighted by Crippen LogP contribution is -2.00. The summed E-state index contributed by atoms with van der Waals surface area (Å²) in [6.45, 7) is 2.18. The van der Waals surface area contributed by atoms with E-state index in [9.17, 15) is 4.79 Å². The number of carboxylic acid groups (broad SMARTS) is 1. The van der Waals surface area contributed by atoms with E-state index in [1.54, 1.807) is 6.08 Å². The molecule has 2 heteroatoms. The van der Waals surface area contributed by atoms with E-state index in [1.807, 2.05) is 30.3 Å². The van der Waals surface area contributed by atoms with Crippen molar-refractivity contribution in [2.24, 2.45) is 0 Å². The van der Waals surface area contributed by atoms with E-state index in [-0.39, 0.29) is 0 Å². The molecule has 0 aliphatic heterocycles. The maximum absolute atomic E-state index is 11.2. The third kappa shape index (κ3) is 5.67. The van der Waals surface area contributed by atoms with Crippen LogP contribution in [0.4, 0.5) is 0 Å². The summed E-state index contributed by atoms with van der Waals surface area (Å²) in [5, 5.41) is 9.17. The monoisotopic (exact) mass is 246 g/mol. The van der Waals surface area contributed by atoms with Gasteiger partial charge >= 0.3 is 5.97 Å². The highest BCUT2D eigenvalue weighted by atomic mass is 16.4. The van der Waals surface area contributed by atoms with Gasteiger partial charge in [-0.2, -0.15) is 0 Å². The molecule has 0 unspecified atom stereocenters. The number of carboxylic acids is 1. The van der Waals surface area contributed by atoms with E-state index in [2.05, 4.69) is 6.92 Å². The van der Waals surface area contributed by atoms with E-state index in [4.69, 9.17) is 5.11 Å². The van der Waals surface area contributed by atoms with Crippen molar-refractivity contribution in [2.75, 3.05) is 0 Å². The van der Waals surface area contributed by atoms with Crippen LogP contribution in [0.1, 0.15) is 51.0 Å². The number of hydrogen-bond acceptors (Lipinski definition) is 1. The fraction of sp³-hybridized carbons (Fsp3) is 0.438. The van der Waals surface area contributed by atoms with Crippen molar-refractivity contribution in [3.63, 3.8) is 0 Å². The molecule has 0 bridgehead atoms. The van der Waals surface area contributed by atoms with E-state index in [0.717, 1.165) is 18.4 Å². The molecule has 2 nitrogen and oxygen atoms in total. The first kappa shape index (κ1) is 14.5. The molecule has 0 aromatic heterocycles. The van der Waals surface area contributed by atoms with Crippen LogP contribution in [0.2, 0.25) is 0 Å². The van der Waals surface area contributed by atoms with Gasteiger partial charge in [0.25, 0.3) is 0 Å². The van der Waals surface area contributed by atoms with E-state index in [1.165, 1.54) is 19.3 Å². The second-order valence-corrected chi connectivity index (χ2v) is 4.55. The van der Waals surface area contributed by atoms with Crippen LogP contribution in [0.15, 0.2) is 35.9 Å². The lowest BCUT2D eigenvalue weighted by atomic mass is 10.0. The lowest BCUT2D eigenvalue weighted by Gasteiger charge is -2.03. The Morgan fingerprint density at radius 2 is 1.78 bits per heavy atom. The average molecular weight is 246 g/mol. The summed E-state index contributed by atoms with van der Waals surface area (Å²) in [6, 6.07) is 9.64. The van der Waals surface area contributed by atoms with Crippen molar-refractivity contribution in [3.8, 4) is 0 Å². The molecule has 0 amide bonds. The number of benzene rings is 1. The summed E-state index contributed by atoms with van der Waals surface area (Å²) in [7, 11) is 0. The number of unbranched alkanes of at least 4 members (excludes halogenated alkanes) is 4. The zero-order chi connectivity index (χ0) is 13.2. The number of hydrogen-bond donors (Lipinski definition) is 1. The summed E-state index contributed by atoms with van der Waals surface area (Å²) in [6.07, 6.45) is 8.18. The van der Waals surface area contributed by atoms with Crippen LogP contribution in [-0.2, 0) is 4.79 Å². The van der Waals surface area contributed by atoms with Gasteiger partial charge in [0.15, 0.2) is 0 Å². The molecule has 98 valence electrons. The summed E-state index contributed by atoms with van der Waals surface area (Å²) < 4.78 is 0. The second-order valence-electron chi connectivity index (χ2n) is 4.55. The minimum absolute atomic E-state index is 0.512. The van der Waals surface area contributed by atoms with Gasteiger partial charge in [0.05, 0.1) is 0 Å². The highest BCUT2D eigenvalue weighted by Crippen LogP contribution is 2.15. The van der Waals surface area contributed by atoms with Crippen molar-refractivity contribution < 1.29 is 9.90 Å². The van der Waals surface area contributed by atoms with Gasteiger partial charge in [-0.05, 0) is 24.5 Å². The Morgan fingerprint density at radius 1 is 1.11 bits per heavy atom. The predicted molar refractivity (Wildman–Crippen MR) is 75.4 cm³/mol. The molecule has 1 aromatic rings. The van der Waals surface area contributed by atoms with E-state index in [0.29, 0.717) is 12.0 Å². The summed E-state index contributed by atoms with van der Waals surface area (Å²) in [4.78, 5) is 11.2. The molecule has 0 saturated heterocycles. The molecule has 0 aliphatic carbocycles. The van der Waals surface area contributed by atoms with Gasteiger partial charge in [-0.3, -0.25) is 0 Å². The minimum Gasteiger partial charge on any atom is -0.478 e. The quantitative estimate of drug-likeness (QED) is 0.541. The number of carbonyl (C=O) groups is 1. The molecular formula is C16H22O2. The van der Waals surface area contributed by atoms with Crippen LogP contribution >= 0.6 is 0 Å². The van der Waals surface area contributed by atoms with Crippen LogP contribution in [0.3, 0.4) is 0 Å². The van der Waals surface area contributed by atoms with Crippen molar-refractivity contribution in [2.45, 2.75) is 45.4 Å². The minimum atomic E-state index is -0.797. The standard InChI is InChI=1S/C16H22O2/c1-2-3-4-5-9-12-15(16(17)18)13-14-10-7-6-8-11-14/h6-8,10-11,13H,2-5,9,12H2,1H3,(H,17,18).